The fraction of sp³-hybridized carbons (Fsp3) is 0.400. The number of amides is 2. The Morgan fingerprint density at radius 3 is 2.73 bits per heavy atom. The van der Waals surface area contributed by atoms with E-state index in [-0.39, 0.29) is 17.6 Å². The van der Waals surface area contributed by atoms with Crippen LogP contribution >= 0.6 is 23.5 Å². The summed E-state index contributed by atoms with van der Waals surface area (Å²) in [7, 11) is 0. The summed E-state index contributed by atoms with van der Waals surface area (Å²) >= 11 is 3.04. The topological polar surface area (TPSA) is 96.0 Å². The number of nitrogens with one attached hydrogen (secondary N) is 1. The molecule has 0 unspecified atom stereocenters. The molecule has 1 rings (SSSR count). The SMILES string of the molecule is N#Cc1ccccc1CSCCNC(=O)CCSCC(N)=O. The maximum absolute atomic E-state index is 11.5. The highest BCUT2D eigenvalue weighted by atomic mass is 32.2. The molecule has 0 bridgehead atoms. The van der Waals surface area contributed by atoms with Crippen molar-refractivity contribution in [1.82, 2.24) is 5.32 Å². The van der Waals surface area contributed by atoms with E-state index in [0.29, 0.717) is 24.3 Å². The Bertz CT molecular complexity index is 544. The van der Waals surface area contributed by atoms with Gasteiger partial charge in [0.2, 0.25) is 11.8 Å². The maximum Gasteiger partial charge on any atom is 0.227 e. The van der Waals surface area contributed by atoms with Gasteiger partial charge in [0, 0.05) is 30.2 Å². The molecule has 5 nitrogen and oxygen atoms in total. The first-order valence-corrected chi connectivity index (χ1v) is 9.13. The third-order valence-electron chi connectivity index (χ3n) is 2.68. The zero-order chi connectivity index (χ0) is 16.2. The number of thioether (sulfide) groups is 2. The lowest BCUT2D eigenvalue weighted by Gasteiger charge is -2.06. The normalized spacial score (nSPS) is 9.95. The standard InChI is InChI=1S/C15H19N3O2S2/c16-9-12-3-1-2-4-13(12)10-22-8-6-18-15(20)5-7-21-11-14(17)19/h1-4H,5-8,10-11H2,(H2,17,19)(H,18,20). The second-order valence-corrected chi connectivity index (χ2v) is 6.65. The van der Waals surface area contributed by atoms with Gasteiger partial charge in [-0.05, 0) is 11.6 Å². The third kappa shape index (κ3) is 7.96. The van der Waals surface area contributed by atoms with Crippen LogP contribution in [0.1, 0.15) is 17.5 Å². The van der Waals surface area contributed by atoms with Crippen LogP contribution in [-0.2, 0) is 15.3 Å². The van der Waals surface area contributed by atoms with Crippen molar-refractivity contribution in [2.75, 3.05) is 23.8 Å². The van der Waals surface area contributed by atoms with Crippen molar-refractivity contribution in [1.29, 1.82) is 5.26 Å². The lowest BCUT2D eigenvalue weighted by molar-refractivity contribution is -0.120. The van der Waals surface area contributed by atoms with Gasteiger partial charge in [-0.25, -0.2) is 0 Å². The highest BCUT2D eigenvalue weighted by Crippen LogP contribution is 2.15. The number of hydrogen-bond acceptors (Lipinski definition) is 5. The van der Waals surface area contributed by atoms with E-state index in [1.165, 1.54) is 11.8 Å². The number of carbonyl (C=O) groups excluding carboxylic acids is 2. The van der Waals surface area contributed by atoms with Crippen molar-refractivity contribution >= 4 is 35.3 Å². The summed E-state index contributed by atoms with van der Waals surface area (Å²) in [6.45, 7) is 0.596. The van der Waals surface area contributed by atoms with Crippen LogP contribution in [0.15, 0.2) is 24.3 Å². The Hall–Kier alpha value is -1.65. The molecule has 1 aromatic carbocycles. The predicted octanol–water partition coefficient (Wildman–Crippen LogP) is 1.52. The number of hydrogen-bond donors (Lipinski definition) is 2. The second kappa shape index (κ2) is 11.0. The van der Waals surface area contributed by atoms with Crippen LogP contribution in [0.25, 0.3) is 0 Å². The number of nitriles is 1. The van der Waals surface area contributed by atoms with Crippen LogP contribution in [0.5, 0.6) is 0 Å². The minimum Gasteiger partial charge on any atom is -0.369 e. The van der Waals surface area contributed by atoms with Gasteiger partial charge in [-0.3, -0.25) is 9.59 Å². The minimum atomic E-state index is -0.362. The molecule has 0 aliphatic rings. The molecule has 0 atom stereocenters. The fourth-order valence-corrected chi connectivity index (χ4v) is 3.16. The van der Waals surface area contributed by atoms with Crippen LogP contribution in [0.4, 0.5) is 0 Å². The van der Waals surface area contributed by atoms with E-state index < -0.39 is 0 Å². The highest BCUT2D eigenvalue weighted by Gasteiger charge is 2.03. The van der Waals surface area contributed by atoms with E-state index in [1.54, 1.807) is 17.8 Å². The summed E-state index contributed by atoms with van der Waals surface area (Å²) in [5, 5.41) is 11.8. The molecule has 0 saturated heterocycles. The second-order valence-electron chi connectivity index (χ2n) is 4.44. The van der Waals surface area contributed by atoms with E-state index in [1.807, 2.05) is 18.2 Å². The van der Waals surface area contributed by atoms with Gasteiger partial charge in [0.05, 0.1) is 17.4 Å². The lowest BCUT2D eigenvalue weighted by Crippen LogP contribution is -2.26. The van der Waals surface area contributed by atoms with Gasteiger partial charge in [0.1, 0.15) is 0 Å². The number of benzene rings is 1. The van der Waals surface area contributed by atoms with Gasteiger partial charge >= 0.3 is 0 Å². The summed E-state index contributed by atoms with van der Waals surface area (Å²) in [5.41, 5.74) is 6.73. The van der Waals surface area contributed by atoms with Gasteiger partial charge in [0.15, 0.2) is 0 Å². The van der Waals surface area contributed by atoms with Crippen molar-refractivity contribution in [3.8, 4) is 6.07 Å². The molecule has 0 heterocycles. The number of carbonyl (C=O) groups is 2. The molecule has 0 aliphatic carbocycles. The summed E-state index contributed by atoms with van der Waals surface area (Å²) in [4.78, 5) is 22.1. The predicted molar refractivity (Wildman–Crippen MR) is 91.5 cm³/mol. The molecule has 0 spiro atoms. The molecule has 7 heteroatoms. The third-order valence-corrected chi connectivity index (χ3v) is 4.67. The number of nitrogens with zero attached hydrogens (tertiary/aromatic N) is 1. The van der Waals surface area contributed by atoms with Crippen molar-refractivity contribution in [3.05, 3.63) is 35.4 Å². The van der Waals surface area contributed by atoms with E-state index in [2.05, 4.69) is 11.4 Å². The number of primary amides is 1. The van der Waals surface area contributed by atoms with E-state index in [4.69, 9.17) is 11.0 Å². The first kappa shape index (κ1) is 18.4. The Balaban J connectivity index is 2.09. The first-order valence-electron chi connectivity index (χ1n) is 6.82. The Morgan fingerprint density at radius 1 is 1.23 bits per heavy atom. The van der Waals surface area contributed by atoms with Crippen LogP contribution in [0.2, 0.25) is 0 Å². The lowest BCUT2D eigenvalue weighted by atomic mass is 10.1. The van der Waals surface area contributed by atoms with Crippen LogP contribution in [-0.4, -0.2) is 35.6 Å². The quantitative estimate of drug-likeness (QED) is 0.631. The fourth-order valence-electron chi connectivity index (χ4n) is 1.63. The number of rotatable bonds is 10. The number of nitrogens with two attached hydrogens (primary N) is 1. The van der Waals surface area contributed by atoms with Gasteiger partial charge < -0.3 is 11.1 Å². The molecule has 0 radical (unpaired) electrons. The van der Waals surface area contributed by atoms with E-state index in [9.17, 15) is 9.59 Å². The Morgan fingerprint density at radius 2 is 2.00 bits per heavy atom. The molecule has 0 saturated carbocycles. The average molecular weight is 337 g/mol. The average Bonchev–Trinajstić information content (AvgIpc) is 2.51. The molecular formula is C15H19N3O2S2. The van der Waals surface area contributed by atoms with E-state index in [0.717, 1.165) is 17.1 Å². The van der Waals surface area contributed by atoms with E-state index >= 15 is 0 Å². The highest BCUT2D eigenvalue weighted by molar-refractivity contribution is 7.99. The molecule has 118 valence electrons. The molecule has 0 aromatic heterocycles. The van der Waals surface area contributed by atoms with Gasteiger partial charge in [-0.2, -0.15) is 28.8 Å². The molecule has 1 aromatic rings. The zero-order valence-electron chi connectivity index (χ0n) is 12.2. The van der Waals surface area contributed by atoms with Crippen LogP contribution in [0.3, 0.4) is 0 Å². The van der Waals surface area contributed by atoms with Crippen molar-refractivity contribution in [2.45, 2.75) is 12.2 Å². The van der Waals surface area contributed by atoms with Gasteiger partial charge in [-0.15, -0.1) is 0 Å². The molecule has 0 aliphatic heterocycles. The Kier molecular flexibility index (Phi) is 9.19. The van der Waals surface area contributed by atoms with Gasteiger partial charge in [-0.1, -0.05) is 18.2 Å². The molecule has 2 amide bonds. The Labute approximate surface area is 139 Å². The maximum atomic E-state index is 11.5. The summed E-state index contributed by atoms with van der Waals surface area (Å²) in [6, 6.07) is 9.69. The smallest absolute Gasteiger partial charge is 0.227 e. The van der Waals surface area contributed by atoms with Crippen molar-refractivity contribution < 1.29 is 9.59 Å². The summed E-state index contributed by atoms with van der Waals surface area (Å²) in [6.07, 6.45) is 0.389. The largest absolute Gasteiger partial charge is 0.369 e. The van der Waals surface area contributed by atoms with Gasteiger partial charge in [0.25, 0.3) is 0 Å². The minimum absolute atomic E-state index is 0.0185. The van der Waals surface area contributed by atoms with Crippen molar-refractivity contribution in [2.24, 2.45) is 5.73 Å². The molecular weight excluding hydrogens is 318 g/mol. The summed E-state index contributed by atoms with van der Waals surface area (Å²) < 4.78 is 0. The van der Waals surface area contributed by atoms with Crippen LogP contribution in [0, 0.1) is 11.3 Å². The monoisotopic (exact) mass is 337 g/mol. The zero-order valence-corrected chi connectivity index (χ0v) is 13.8. The summed E-state index contributed by atoms with van der Waals surface area (Å²) in [5.74, 6) is 2.02. The van der Waals surface area contributed by atoms with Crippen LogP contribution < -0.4 is 11.1 Å². The molecule has 0 fully saturated rings. The molecule has 22 heavy (non-hydrogen) atoms. The van der Waals surface area contributed by atoms with Crippen molar-refractivity contribution in [3.63, 3.8) is 0 Å². The first-order chi connectivity index (χ1) is 10.6. The molecule has 3 N–H and O–H groups in total.